The number of Topliss-reactive ketones (excluding diaryl/α,β-unsaturated/α-hetero) is 1. The first-order chi connectivity index (χ1) is 32.1. The highest BCUT2D eigenvalue weighted by atomic mass is 16.5. The third-order valence-electron chi connectivity index (χ3n) is 11.7. The number of rotatable bonds is 13. The minimum Gasteiger partial charge on any atom is -0.481 e. The van der Waals surface area contributed by atoms with Gasteiger partial charge in [0.2, 0.25) is 11.4 Å². The molecule has 0 saturated carbocycles. The Balaban J connectivity index is 0.000000408. The summed E-state index contributed by atoms with van der Waals surface area (Å²) in [4.78, 5) is 43.8. The van der Waals surface area contributed by atoms with E-state index in [-0.39, 0.29) is 22.8 Å². The second-order valence-electron chi connectivity index (χ2n) is 21.4. The van der Waals surface area contributed by atoms with E-state index in [1.807, 2.05) is 50.5 Å². The van der Waals surface area contributed by atoms with Gasteiger partial charge >= 0.3 is 0 Å². The lowest BCUT2D eigenvalue weighted by Crippen LogP contribution is -2.30. The van der Waals surface area contributed by atoms with Crippen molar-refractivity contribution in [1.82, 2.24) is 29.3 Å². The Morgan fingerprint density at radius 1 is 0.618 bits per heavy atom. The van der Waals surface area contributed by atoms with Crippen molar-refractivity contribution >= 4 is 5.78 Å². The molecule has 6 heterocycles. The summed E-state index contributed by atoms with van der Waals surface area (Å²) in [7, 11) is 7.42. The summed E-state index contributed by atoms with van der Waals surface area (Å²) in [6, 6.07) is 14.7. The lowest BCUT2D eigenvalue weighted by atomic mass is 9.89. The van der Waals surface area contributed by atoms with Gasteiger partial charge in [0, 0.05) is 74.8 Å². The lowest BCUT2D eigenvalue weighted by Gasteiger charge is -2.29. The Morgan fingerprint density at radius 2 is 1.13 bits per heavy atom. The molecular formula is C58H96N6O4. The highest BCUT2D eigenvalue weighted by Crippen LogP contribution is 2.23. The number of aryl methyl sites for hydroxylation is 2. The molecule has 0 atom stereocenters. The molecule has 2 fully saturated rings. The van der Waals surface area contributed by atoms with Crippen LogP contribution in [0.25, 0.3) is 0 Å². The van der Waals surface area contributed by atoms with Crippen molar-refractivity contribution in [3.05, 3.63) is 122 Å². The number of aromatic nitrogens is 4. The van der Waals surface area contributed by atoms with Crippen LogP contribution in [0.4, 0.5) is 0 Å². The van der Waals surface area contributed by atoms with Crippen LogP contribution in [0, 0.1) is 47.3 Å². The number of likely N-dealkylation sites (tertiary alicyclic amines) is 1. The van der Waals surface area contributed by atoms with Crippen LogP contribution in [0.5, 0.6) is 5.88 Å². The quantitative estimate of drug-likeness (QED) is 0.132. The smallest absolute Gasteiger partial charge is 0.250 e. The number of nitrogens with zero attached hydrogens (tertiary/aromatic N) is 5. The van der Waals surface area contributed by atoms with Crippen LogP contribution >= 0.6 is 0 Å². The maximum atomic E-state index is 11.3. The maximum absolute atomic E-state index is 11.3. The van der Waals surface area contributed by atoms with Crippen LogP contribution < -0.4 is 21.2 Å². The maximum Gasteiger partial charge on any atom is 0.250 e. The fourth-order valence-electron chi connectivity index (χ4n) is 8.19. The zero-order chi connectivity index (χ0) is 51.2. The van der Waals surface area contributed by atoms with Gasteiger partial charge < -0.3 is 24.1 Å². The Labute approximate surface area is 414 Å². The molecule has 2 aliphatic rings. The lowest BCUT2D eigenvalue weighted by molar-refractivity contribution is 0.0939. The normalized spacial score (nSPS) is 14.1. The van der Waals surface area contributed by atoms with Gasteiger partial charge in [-0.3, -0.25) is 19.4 Å². The van der Waals surface area contributed by atoms with Gasteiger partial charge in [0.05, 0.1) is 7.11 Å². The monoisotopic (exact) mass is 941 g/mol. The summed E-state index contributed by atoms with van der Waals surface area (Å²) in [5.41, 5.74) is 4.53. The van der Waals surface area contributed by atoms with E-state index in [1.165, 1.54) is 75.8 Å². The minimum absolute atomic E-state index is 0.0579. The minimum atomic E-state index is 0.0579. The molecule has 0 amide bonds. The standard InChI is InChI=1S/3C10H15NO.C10H21N.C9H11NO.C9H19N/c1-8(2)6-9-4-5-11-10(7-9)12-3;1-8(2)6-9-4-5-11(3)10(12)7-9;1-8(2)6-9-4-5-10(12)11(3)7-9;1-9(2)8-10-4-6-11(3)7-5-10;1-7(2)9(11)8-3-5-10-6-4-8;1-8(2)7-9-3-5-10-6-4-9/h3*4-5,7-8H,6H2,1-3H3;9-10H,4-8H2,1-3H3;3-7H,1-2H3;8-10H,3-7H2,1-2H3. The van der Waals surface area contributed by atoms with Crippen LogP contribution in [0.15, 0.2) is 89.1 Å². The summed E-state index contributed by atoms with van der Waals surface area (Å²) >= 11 is 0. The zero-order valence-corrected chi connectivity index (χ0v) is 45.7. The zero-order valence-electron chi connectivity index (χ0n) is 45.7. The number of hydrogen-bond acceptors (Lipinski definition) is 8. The first-order valence-electron chi connectivity index (χ1n) is 25.7. The van der Waals surface area contributed by atoms with Crippen LogP contribution in [0.2, 0.25) is 0 Å². The molecule has 68 heavy (non-hydrogen) atoms. The molecule has 4 aromatic rings. The first kappa shape index (κ1) is 61.6. The fraction of sp³-hybridized carbons (Fsp3) is 0.638. The van der Waals surface area contributed by atoms with Gasteiger partial charge in [0.15, 0.2) is 5.78 Å². The second-order valence-corrected chi connectivity index (χ2v) is 21.4. The van der Waals surface area contributed by atoms with Crippen molar-refractivity contribution in [3.8, 4) is 5.88 Å². The molecule has 0 aromatic carbocycles. The number of carbonyl (C=O) groups excluding carboxylic acids is 1. The van der Waals surface area contributed by atoms with Gasteiger partial charge in [-0.1, -0.05) is 89.2 Å². The van der Waals surface area contributed by atoms with E-state index < -0.39 is 0 Å². The summed E-state index contributed by atoms with van der Waals surface area (Å²) in [6.45, 7) is 31.3. The molecule has 0 bridgehead atoms. The highest BCUT2D eigenvalue weighted by Gasteiger charge is 2.17. The molecular weight excluding hydrogens is 845 g/mol. The molecule has 0 aliphatic carbocycles. The number of pyridine rings is 4. The fourth-order valence-corrected chi connectivity index (χ4v) is 8.19. The molecule has 1 N–H and O–H groups in total. The van der Waals surface area contributed by atoms with Gasteiger partial charge in [0.1, 0.15) is 0 Å². The molecule has 382 valence electrons. The van der Waals surface area contributed by atoms with E-state index >= 15 is 0 Å². The number of hydrogen-bond donors (Lipinski definition) is 1. The van der Waals surface area contributed by atoms with Gasteiger partial charge in [0.25, 0.3) is 5.56 Å². The Bertz CT molecular complexity index is 2020. The van der Waals surface area contributed by atoms with Crippen molar-refractivity contribution in [1.29, 1.82) is 0 Å². The SMILES string of the molecule is CC(C)C(=O)c1ccncc1.CC(C)CC1CCN(C)CC1.CC(C)CC1CCNCC1.CC(C)Cc1ccc(=O)n(C)c1.CC(C)Cc1ccn(C)c(=O)c1.COc1cc(CC(C)C)ccn1. The van der Waals surface area contributed by atoms with E-state index in [4.69, 9.17) is 4.74 Å². The molecule has 10 nitrogen and oxygen atoms in total. The summed E-state index contributed by atoms with van der Waals surface area (Å²) < 4.78 is 8.24. The number of ether oxygens (including phenoxy) is 1. The van der Waals surface area contributed by atoms with Crippen LogP contribution in [0.3, 0.4) is 0 Å². The van der Waals surface area contributed by atoms with Gasteiger partial charge in [-0.25, -0.2) is 4.98 Å². The van der Waals surface area contributed by atoms with Crippen molar-refractivity contribution in [2.45, 2.75) is 141 Å². The molecule has 10 heteroatoms. The van der Waals surface area contributed by atoms with Crippen LogP contribution in [-0.4, -0.2) is 70.1 Å². The molecule has 0 spiro atoms. The summed E-state index contributed by atoms with van der Waals surface area (Å²) in [5, 5.41) is 3.39. The number of piperidine rings is 2. The number of ketones is 1. The first-order valence-corrected chi connectivity index (χ1v) is 25.7. The second kappa shape index (κ2) is 34.8. The molecule has 0 radical (unpaired) electrons. The summed E-state index contributed by atoms with van der Waals surface area (Å²) in [6.07, 6.45) is 20.4. The van der Waals surface area contributed by atoms with Crippen LogP contribution in [0.1, 0.15) is 149 Å². The van der Waals surface area contributed by atoms with Gasteiger partial charge in [-0.2, -0.15) is 0 Å². The van der Waals surface area contributed by atoms with E-state index in [0.29, 0.717) is 23.6 Å². The third kappa shape index (κ3) is 29.5. The summed E-state index contributed by atoms with van der Waals surface area (Å²) in [5.74, 6) is 6.69. The number of nitrogens with one attached hydrogen (secondary N) is 1. The molecule has 2 aliphatic heterocycles. The molecule has 2 saturated heterocycles. The van der Waals surface area contributed by atoms with E-state index in [2.05, 4.69) is 96.5 Å². The Kier molecular flexibility index (Phi) is 31.5. The average Bonchev–Trinajstić information content (AvgIpc) is 3.28. The Morgan fingerprint density at radius 3 is 1.60 bits per heavy atom. The molecule has 4 aromatic heterocycles. The third-order valence-corrected chi connectivity index (χ3v) is 11.7. The number of methoxy groups -OCH3 is 1. The topological polar surface area (TPSA) is 111 Å². The Hall–Kier alpha value is -4.41. The highest BCUT2D eigenvalue weighted by molar-refractivity contribution is 5.97. The van der Waals surface area contributed by atoms with E-state index in [9.17, 15) is 14.4 Å². The number of carbonyl (C=O) groups is 1. The largest absolute Gasteiger partial charge is 0.481 e. The van der Waals surface area contributed by atoms with Crippen molar-refractivity contribution in [3.63, 3.8) is 0 Å². The van der Waals surface area contributed by atoms with E-state index in [1.54, 1.807) is 73.2 Å². The van der Waals surface area contributed by atoms with Gasteiger partial charge in [-0.15, -0.1) is 0 Å². The molecule has 6 rings (SSSR count). The predicted octanol–water partition coefficient (Wildman–Crippen LogP) is 11.8. The van der Waals surface area contributed by atoms with Crippen molar-refractivity contribution in [2.24, 2.45) is 61.4 Å². The van der Waals surface area contributed by atoms with Crippen LogP contribution in [-0.2, 0) is 33.4 Å². The predicted molar refractivity (Wildman–Crippen MR) is 288 cm³/mol. The van der Waals surface area contributed by atoms with Crippen molar-refractivity contribution in [2.75, 3.05) is 40.3 Å². The van der Waals surface area contributed by atoms with Gasteiger partial charge in [-0.05, 0) is 173 Å². The average molecular weight is 941 g/mol. The van der Waals surface area contributed by atoms with Crippen molar-refractivity contribution < 1.29 is 9.53 Å². The molecule has 0 unspecified atom stereocenters. The van der Waals surface area contributed by atoms with E-state index in [0.717, 1.165) is 54.1 Å².